The summed E-state index contributed by atoms with van der Waals surface area (Å²) in [6.07, 6.45) is 0. The minimum Gasteiger partial charge on any atom is -0.350 e. The monoisotopic (exact) mass is 304 g/mol. The number of rotatable bonds is 2. The molecule has 1 amide bonds. The number of hydrogen-bond acceptors (Lipinski definition) is 1. The summed E-state index contributed by atoms with van der Waals surface area (Å²) < 4.78 is 39.7. The van der Waals surface area contributed by atoms with E-state index in [1.807, 2.05) is 18.2 Å². The van der Waals surface area contributed by atoms with Crippen molar-refractivity contribution < 1.29 is 18.0 Å². The summed E-state index contributed by atoms with van der Waals surface area (Å²) in [6, 6.07) is 9.03. The Hall–Kier alpha value is -2.76. The van der Waals surface area contributed by atoms with E-state index in [1.165, 1.54) is 0 Å². The number of anilines is 1. The number of nitrogens with one attached hydrogen (secondary N) is 2. The topological polar surface area (TPSA) is 44.9 Å². The second-order valence-corrected chi connectivity index (χ2v) is 4.85. The largest absolute Gasteiger partial charge is 0.350 e. The number of aromatic nitrogens is 1. The Bertz CT molecular complexity index is 886. The van der Waals surface area contributed by atoms with E-state index in [9.17, 15) is 18.0 Å². The Morgan fingerprint density at radius 2 is 1.77 bits per heavy atom. The minimum absolute atomic E-state index is 0.241. The summed E-state index contributed by atoms with van der Waals surface area (Å²) in [7, 11) is 0. The molecule has 0 unspecified atom stereocenters. The molecular formula is C16H11F3N2O. The number of aryl methyl sites for hydroxylation is 1. The Morgan fingerprint density at radius 3 is 2.50 bits per heavy atom. The van der Waals surface area contributed by atoms with Crippen LogP contribution in [0.3, 0.4) is 0 Å². The molecule has 2 aromatic carbocycles. The van der Waals surface area contributed by atoms with Crippen molar-refractivity contribution in [2.45, 2.75) is 6.92 Å². The van der Waals surface area contributed by atoms with E-state index in [2.05, 4.69) is 10.3 Å². The molecule has 1 aromatic heterocycles. The normalized spacial score (nSPS) is 10.9. The van der Waals surface area contributed by atoms with Gasteiger partial charge in [-0.25, -0.2) is 13.2 Å². The molecular weight excluding hydrogens is 293 g/mol. The van der Waals surface area contributed by atoms with Crippen molar-refractivity contribution in [3.63, 3.8) is 0 Å². The van der Waals surface area contributed by atoms with Gasteiger partial charge in [0.25, 0.3) is 5.91 Å². The van der Waals surface area contributed by atoms with Gasteiger partial charge in [0.05, 0.1) is 5.69 Å². The molecule has 6 heteroatoms. The molecule has 2 N–H and O–H groups in total. The molecule has 0 atom stereocenters. The quantitative estimate of drug-likeness (QED) is 0.686. The maximum absolute atomic E-state index is 13.6. The second kappa shape index (κ2) is 5.22. The highest BCUT2D eigenvalue weighted by Crippen LogP contribution is 2.24. The molecule has 3 nitrogen and oxygen atoms in total. The van der Waals surface area contributed by atoms with Crippen LogP contribution in [0.25, 0.3) is 10.9 Å². The van der Waals surface area contributed by atoms with E-state index in [0.717, 1.165) is 23.0 Å². The van der Waals surface area contributed by atoms with Gasteiger partial charge in [0, 0.05) is 10.9 Å². The number of carbonyl (C=O) groups excluding carboxylic acids is 1. The van der Waals surface area contributed by atoms with Gasteiger partial charge in [-0.3, -0.25) is 4.79 Å². The number of H-pyrrole nitrogens is 1. The van der Waals surface area contributed by atoms with Gasteiger partial charge in [-0.05, 0) is 30.7 Å². The van der Waals surface area contributed by atoms with Gasteiger partial charge < -0.3 is 10.3 Å². The lowest BCUT2D eigenvalue weighted by Gasteiger charge is -2.07. The number of benzene rings is 2. The van der Waals surface area contributed by atoms with Crippen LogP contribution in [0.15, 0.2) is 36.4 Å². The third-order valence-corrected chi connectivity index (χ3v) is 3.48. The average Bonchev–Trinajstić information content (AvgIpc) is 2.85. The van der Waals surface area contributed by atoms with Gasteiger partial charge in [-0.15, -0.1) is 0 Å². The lowest BCUT2D eigenvalue weighted by Crippen LogP contribution is -2.15. The molecule has 0 saturated heterocycles. The van der Waals surface area contributed by atoms with Crippen LogP contribution in [-0.2, 0) is 0 Å². The molecule has 0 radical (unpaired) electrons. The number of aromatic amines is 1. The van der Waals surface area contributed by atoms with Crippen molar-refractivity contribution in [3.8, 4) is 0 Å². The predicted molar refractivity (Wildman–Crippen MR) is 77.3 cm³/mol. The van der Waals surface area contributed by atoms with Crippen molar-refractivity contribution in [2.75, 3.05) is 5.32 Å². The number of para-hydroxylation sites is 1. The molecule has 0 aliphatic heterocycles. The Labute approximate surface area is 123 Å². The Balaban J connectivity index is 1.97. The van der Waals surface area contributed by atoms with Crippen LogP contribution >= 0.6 is 0 Å². The zero-order valence-electron chi connectivity index (χ0n) is 11.5. The summed E-state index contributed by atoms with van der Waals surface area (Å²) >= 11 is 0. The SMILES string of the molecule is Cc1c(C(=O)Nc2ccc(F)c(F)c2F)[nH]c2ccccc12. The standard InChI is InChI=1S/C16H11F3N2O/c1-8-9-4-2-3-5-11(9)20-15(8)16(22)21-12-7-6-10(17)13(18)14(12)19/h2-7,20H,1H3,(H,21,22). The van der Waals surface area contributed by atoms with Gasteiger partial charge in [-0.2, -0.15) is 0 Å². The van der Waals surface area contributed by atoms with Crippen LogP contribution in [0.4, 0.5) is 18.9 Å². The third-order valence-electron chi connectivity index (χ3n) is 3.48. The minimum atomic E-state index is -1.62. The molecule has 3 aromatic rings. The van der Waals surface area contributed by atoms with Gasteiger partial charge >= 0.3 is 0 Å². The lowest BCUT2D eigenvalue weighted by molar-refractivity contribution is 0.102. The molecule has 0 spiro atoms. The van der Waals surface area contributed by atoms with Gasteiger partial charge in [0.15, 0.2) is 17.5 Å². The summed E-state index contributed by atoms with van der Waals surface area (Å²) in [5, 5.41) is 3.10. The number of hydrogen-bond donors (Lipinski definition) is 2. The number of carbonyl (C=O) groups is 1. The van der Waals surface area contributed by atoms with Crippen LogP contribution in [0.2, 0.25) is 0 Å². The van der Waals surface area contributed by atoms with Crippen LogP contribution in [0.5, 0.6) is 0 Å². The highest BCUT2D eigenvalue weighted by Gasteiger charge is 2.19. The second-order valence-electron chi connectivity index (χ2n) is 4.85. The number of fused-ring (bicyclic) bond motifs is 1. The van der Waals surface area contributed by atoms with Crippen molar-refractivity contribution in [2.24, 2.45) is 0 Å². The van der Waals surface area contributed by atoms with Crippen molar-refractivity contribution in [1.29, 1.82) is 0 Å². The number of amides is 1. The van der Waals surface area contributed by atoms with Crippen molar-refractivity contribution in [3.05, 3.63) is 65.1 Å². The third kappa shape index (κ3) is 2.22. The summed E-state index contributed by atoms with van der Waals surface area (Å²) in [4.78, 5) is 15.2. The first-order valence-electron chi connectivity index (χ1n) is 6.51. The Morgan fingerprint density at radius 1 is 1.05 bits per heavy atom. The predicted octanol–water partition coefficient (Wildman–Crippen LogP) is 4.15. The average molecular weight is 304 g/mol. The number of halogens is 3. The van der Waals surface area contributed by atoms with E-state index in [1.54, 1.807) is 13.0 Å². The van der Waals surface area contributed by atoms with Crippen LogP contribution in [-0.4, -0.2) is 10.9 Å². The lowest BCUT2D eigenvalue weighted by atomic mass is 10.1. The molecule has 1 heterocycles. The highest BCUT2D eigenvalue weighted by molar-refractivity contribution is 6.07. The van der Waals surface area contributed by atoms with Crippen LogP contribution in [0.1, 0.15) is 16.1 Å². The molecule has 0 bridgehead atoms. The molecule has 0 saturated carbocycles. The highest BCUT2D eigenvalue weighted by atomic mass is 19.2. The fourth-order valence-electron chi connectivity index (χ4n) is 2.32. The molecule has 0 fully saturated rings. The molecule has 3 rings (SSSR count). The Kier molecular flexibility index (Phi) is 3.36. The summed E-state index contributed by atoms with van der Waals surface area (Å²) in [6.45, 7) is 1.75. The molecule has 22 heavy (non-hydrogen) atoms. The van der Waals surface area contributed by atoms with Gasteiger partial charge in [0.2, 0.25) is 0 Å². The molecule has 112 valence electrons. The van der Waals surface area contributed by atoms with Crippen molar-refractivity contribution >= 4 is 22.5 Å². The smallest absolute Gasteiger partial charge is 0.272 e. The maximum atomic E-state index is 13.6. The first-order chi connectivity index (χ1) is 10.5. The zero-order valence-corrected chi connectivity index (χ0v) is 11.5. The van der Waals surface area contributed by atoms with E-state index < -0.39 is 29.0 Å². The van der Waals surface area contributed by atoms with Crippen LogP contribution in [0, 0.1) is 24.4 Å². The van der Waals surface area contributed by atoms with E-state index >= 15 is 0 Å². The van der Waals surface area contributed by atoms with Gasteiger partial charge in [0.1, 0.15) is 5.69 Å². The van der Waals surface area contributed by atoms with E-state index in [4.69, 9.17) is 0 Å². The first-order valence-corrected chi connectivity index (χ1v) is 6.51. The zero-order chi connectivity index (χ0) is 15.9. The first kappa shape index (κ1) is 14.2. The summed E-state index contributed by atoms with van der Waals surface area (Å²) in [5.41, 5.74) is 1.28. The van der Waals surface area contributed by atoms with E-state index in [0.29, 0.717) is 5.56 Å². The molecule has 0 aliphatic carbocycles. The van der Waals surface area contributed by atoms with Crippen LogP contribution < -0.4 is 5.32 Å². The fraction of sp³-hybridized carbons (Fsp3) is 0.0625. The molecule has 0 aliphatic rings. The fourth-order valence-corrected chi connectivity index (χ4v) is 2.32. The van der Waals surface area contributed by atoms with Crippen molar-refractivity contribution in [1.82, 2.24) is 4.98 Å². The van der Waals surface area contributed by atoms with E-state index in [-0.39, 0.29) is 5.69 Å². The maximum Gasteiger partial charge on any atom is 0.272 e. The van der Waals surface area contributed by atoms with Gasteiger partial charge in [-0.1, -0.05) is 18.2 Å². The summed E-state index contributed by atoms with van der Waals surface area (Å²) in [5.74, 6) is -4.98.